The Morgan fingerprint density at radius 3 is 2.71 bits per heavy atom. The van der Waals surface area contributed by atoms with Crippen molar-refractivity contribution < 1.29 is 19.2 Å². The molecule has 1 atom stereocenters. The van der Waals surface area contributed by atoms with Crippen LogP contribution in [0.25, 0.3) is 0 Å². The first kappa shape index (κ1) is 23.2. The van der Waals surface area contributed by atoms with Gasteiger partial charge in [0.25, 0.3) is 0 Å². The van der Waals surface area contributed by atoms with Crippen molar-refractivity contribution in [2.45, 2.75) is 59.3 Å². The number of rotatable bonds is 9. The van der Waals surface area contributed by atoms with Gasteiger partial charge in [0, 0.05) is 13.1 Å². The molecular formula is C21H33FN6O3. The molecule has 2 fully saturated rings. The summed E-state index contributed by atoms with van der Waals surface area (Å²) in [7, 11) is 0. The van der Waals surface area contributed by atoms with E-state index in [4.69, 9.17) is 0 Å². The maximum Gasteiger partial charge on any atom is 0.243 e. The molecule has 0 aromatic carbocycles. The largest absolute Gasteiger partial charge is 0.353 e. The molecule has 0 radical (unpaired) electrons. The minimum absolute atomic E-state index is 0.0787. The highest BCUT2D eigenvalue weighted by atomic mass is 19.1. The van der Waals surface area contributed by atoms with Gasteiger partial charge in [0.05, 0.1) is 12.5 Å². The van der Waals surface area contributed by atoms with Crippen LogP contribution in [-0.4, -0.2) is 52.2 Å². The fourth-order valence-electron chi connectivity index (χ4n) is 4.53. The summed E-state index contributed by atoms with van der Waals surface area (Å²) < 4.78 is 15.1. The highest BCUT2D eigenvalue weighted by Gasteiger charge is 2.33. The van der Waals surface area contributed by atoms with E-state index in [2.05, 4.69) is 34.7 Å². The topological polar surface area (TPSA) is 111 Å². The third-order valence-electron chi connectivity index (χ3n) is 6.22. The second kappa shape index (κ2) is 9.76. The number of hydrogen-bond donors (Lipinski definition) is 3. The van der Waals surface area contributed by atoms with Gasteiger partial charge in [0.15, 0.2) is 11.6 Å². The van der Waals surface area contributed by atoms with E-state index < -0.39 is 17.6 Å². The summed E-state index contributed by atoms with van der Waals surface area (Å²) in [6.07, 6.45) is 6.06. The first-order valence-electron chi connectivity index (χ1n) is 10.9. The maximum atomic E-state index is 15.1. The zero-order chi connectivity index (χ0) is 22.6. The Morgan fingerprint density at radius 2 is 2.10 bits per heavy atom. The summed E-state index contributed by atoms with van der Waals surface area (Å²) >= 11 is 0. The molecule has 2 amide bonds. The zero-order valence-corrected chi connectivity index (χ0v) is 18.5. The summed E-state index contributed by atoms with van der Waals surface area (Å²) in [4.78, 5) is 33.9. The Hall–Kier alpha value is -2.49. The molecule has 0 bridgehead atoms. The number of carbonyl (C=O) groups excluding carboxylic acids is 2. The average molecular weight is 437 g/mol. The number of hydrazine groups is 1. The van der Waals surface area contributed by atoms with E-state index in [1.807, 2.05) is 4.90 Å². The molecule has 10 heteroatoms. The molecule has 172 valence electrons. The molecule has 1 aromatic rings. The summed E-state index contributed by atoms with van der Waals surface area (Å²) in [6.45, 7) is 7.21. The van der Waals surface area contributed by atoms with Crippen molar-refractivity contribution in [2.24, 2.45) is 17.3 Å². The van der Waals surface area contributed by atoms with Crippen LogP contribution in [0.4, 0.5) is 16.0 Å². The van der Waals surface area contributed by atoms with Crippen LogP contribution in [0.5, 0.6) is 0 Å². The Balaban J connectivity index is 1.69. The van der Waals surface area contributed by atoms with Crippen molar-refractivity contribution in [3.8, 4) is 0 Å². The Bertz CT molecular complexity index is 800. The van der Waals surface area contributed by atoms with Gasteiger partial charge in [0.2, 0.25) is 18.1 Å². The lowest BCUT2D eigenvalue weighted by molar-refractivity contribution is -0.154. The van der Waals surface area contributed by atoms with Crippen LogP contribution in [0, 0.1) is 30.0 Å². The molecule has 0 spiro atoms. The molecular weight excluding hydrogens is 403 g/mol. The van der Waals surface area contributed by atoms with E-state index in [1.54, 1.807) is 6.92 Å². The third kappa shape index (κ3) is 6.03. The van der Waals surface area contributed by atoms with Crippen molar-refractivity contribution >= 4 is 24.0 Å². The van der Waals surface area contributed by atoms with Crippen LogP contribution in [0.2, 0.25) is 0 Å². The van der Waals surface area contributed by atoms with Crippen molar-refractivity contribution in [3.63, 3.8) is 0 Å². The number of carbonyl (C=O) groups is 2. The Kier molecular flexibility index (Phi) is 7.30. The van der Waals surface area contributed by atoms with Gasteiger partial charge in [-0.3, -0.25) is 25.6 Å². The zero-order valence-electron chi connectivity index (χ0n) is 18.5. The standard InChI is InChI=1S/C21H33FN6O3/c1-14-23-18(17(22)19(24-14)27-9-8-21(2,3)12-27)25-26-20(30)16(11-28(31)13-29)10-15-6-4-5-7-15/h13,15-16,31H,4-12H2,1-3H3,(H,26,30)(H,23,24,25)/t16-/m1/s1. The second-order valence-corrected chi connectivity index (χ2v) is 9.52. The van der Waals surface area contributed by atoms with Crippen LogP contribution in [-0.2, 0) is 9.59 Å². The van der Waals surface area contributed by atoms with Gasteiger partial charge in [-0.15, -0.1) is 0 Å². The number of amides is 2. The molecule has 1 saturated carbocycles. The number of halogens is 1. The van der Waals surface area contributed by atoms with Crippen molar-refractivity contribution in [3.05, 3.63) is 11.6 Å². The van der Waals surface area contributed by atoms with Crippen LogP contribution in [0.15, 0.2) is 0 Å². The first-order chi connectivity index (χ1) is 14.7. The van der Waals surface area contributed by atoms with Crippen LogP contribution >= 0.6 is 0 Å². The monoisotopic (exact) mass is 436 g/mol. The van der Waals surface area contributed by atoms with E-state index in [9.17, 15) is 14.8 Å². The molecule has 3 N–H and O–H groups in total. The quantitative estimate of drug-likeness (QED) is 0.310. The smallest absolute Gasteiger partial charge is 0.243 e. The van der Waals surface area contributed by atoms with E-state index in [1.165, 1.54) is 0 Å². The van der Waals surface area contributed by atoms with Crippen molar-refractivity contribution in [1.29, 1.82) is 0 Å². The van der Waals surface area contributed by atoms with Gasteiger partial charge in [-0.1, -0.05) is 39.5 Å². The van der Waals surface area contributed by atoms with Crippen molar-refractivity contribution in [1.82, 2.24) is 20.5 Å². The summed E-state index contributed by atoms with van der Waals surface area (Å²) in [5.74, 6) is -0.770. The number of aromatic nitrogens is 2. The van der Waals surface area contributed by atoms with Crippen molar-refractivity contribution in [2.75, 3.05) is 30.0 Å². The van der Waals surface area contributed by atoms with Crippen LogP contribution < -0.4 is 15.8 Å². The maximum absolute atomic E-state index is 15.1. The number of nitrogens with one attached hydrogen (secondary N) is 2. The van der Waals surface area contributed by atoms with Gasteiger partial charge in [-0.25, -0.2) is 15.0 Å². The molecule has 1 aliphatic heterocycles. The SMILES string of the molecule is Cc1nc(NNC(=O)[C@H](CC2CCCC2)CN(O)C=O)c(F)c(N2CCC(C)(C)C2)n1. The average Bonchev–Trinajstić information content (AvgIpc) is 3.36. The molecule has 9 nitrogen and oxygen atoms in total. The minimum Gasteiger partial charge on any atom is -0.353 e. The lowest BCUT2D eigenvalue weighted by Crippen LogP contribution is -2.41. The van der Waals surface area contributed by atoms with E-state index in [-0.39, 0.29) is 30.0 Å². The highest BCUT2D eigenvalue weighted by molar-refractivity contribution is 5.80. The predicted molar refractivity (Wildman–Crippen MR) is 114 cm³/mol. The molecule has 1 aliphatic carbocycles. The van der Waals surface area contributed by atoms with Gasteiger partial charge < -0.3 is 4.90 Å². The van der Waals surface area contributed by atoms with E-state index in [0.29, 0.717) is 36.3 Å². The third-order valence-corrected chi connectivity index (χ3v) is 6.22. The number of hydrogen-bond acceptors (Lipinski definition) is 7. The van der Waals surface area contributed by atoms with Gasteiger partial charge in [-0.2, -0.15) is 4.39 Å². The molecule has 2 heterocycles. The second-order valence-electron chi connectivity index (χ2n) is 9.52. The normalized spacial score (nSPS) is 19.3. The van der Waals surface area contributed by atoms with Gasteiger partial charge in [0.1, 0.15) is 5.82 Å². The molecule has 1 aromatic heterocycles. The molecule has 0 unspecified atom stereocenters. The summed E-state index contributed by atoms with van der Waals surface area (Å²) in [6, 6.07) is 0. The minimum atomic E-state index is -0.618. The predicted octanol–water partition coefficient (Wildman–Crippen LogP) is 2.65. The van der Waals surface area contributed by atoms with Gasteiger partial charge >= 0.3 is 0 Å². The van der Waals surface area contributed by atoms with Gasteiger partial charge in [-0.05, 0) is 31.1 Å². The fraction of sp³-hybridized carbons (Fsp3) is 0.714. The Labute approximate surface area is 182 Å². The lowest BCUT2D eigenvalue weighted by atomic mass is 9.92. The summed E-state index contributed by atoms with van der Waals surface area (Å²) in [5, 5.41) is 10.1. The molecule has 3 rings (SSSR count). The molecule has 31 heavy (non-hydrogen) atoms. The van der Waals surface area contributed by atoms with Crippen LogP contribution in [0.3, 0.4) is 0 Å². The van der Waals surface area contributed by atoms with E-state index >= 15 is 4.39 Å². The molecule has 2 aliphatic rings. The first-order valence-corrected chi connectivity index (χ1v) is 10.9. The highest BCUT2D eigenvalue weighted by Crippen LogP contribution is 2.34. The number of nitrogens with zero attached hydrogens (tertiary/aromatic N) is 4. The number of anilines is 2. The molecule has 1 saturated heterocycles. The number of hydroxylamine groups is 2. The van der Waals surface area contributed by atoms with Crippen LogP contribution in [0.1, 0.15) is 58.2 Å². The number of aryl methyl sites for hydroxylation is 1. The Morgan fingerprint density at radius 1 is 1.39 bits per heavy atom. The lowest BCUT2D eigenvalue weighted by Gasteiger charge is -2.24. The van der Waals surface area contributed by atoms with E-state index in [0.717, 1.165) is 32.1 Å². The summed E-state index contributed by atoms with van der Waals surface area (Å²) in [5.41, 5.74) is 5.19. The fourth-order valence-corrected chi connectivity index (χ4v) is 4.53.